The van der Waals surface area contributed by atoms with E-state index in [1.54, 1.807) is 48.5 Å². The summed E-state index contributed by atoms with van der Waals surface area (Å²) in [5, 5.41) is 18.1. The molecule has 2 aliphatic heterocycles. The van der Waals surface area contributed by atoms with Gasteiger partial charge in [-0.25, -0.2) is 0 Å². The van der Waals surface area contributed by atoms with E-state index in [0.29, 0.717) is 13.2 Å². The maximum absolute atomic E-state index is 9.06. The third-order valence-corrected chi connectivity index (χ3v) is 4.59. The molecule has 2 N–H and O–H groups in total. The second-order valence-electron chi connectivity index (χ2n) is 6.88. The first-order chi connectivity index (χ1) is 13.7. The van der Waals surface area contributed by atoms with Gasteiger partial charge in [-0.1, -0.05) is 0 Å². The van der Waals surface area contributed by atoms with Gasteiger partial charge in [0.05, 0.1) is 12.2 Å². The number of phenols is 2. The Morgan fingerprint density at radius 1 is 0.679 bits per heavy atom. The third kappa shape index (κ3) is 6.94. The number of hydrogen-bond acceptors (Lipinski definition) is 6. The van der Waals surface area contributed by atoms with Gasteiger partial charge in [0.2, 0.25) is 0 Å². The van der Waals surface area contributed by atoms with Crippen molar-refractivity contribution in [3.8, 4) is 23.0 Å². The van der Waals surface area contributed by atoms with Gasteiger partial charge in [-0.2, -0.15) is 0 Å². The van der Waals surface area contributed by atoms with Crippen molar-refractivity contribution < 1.29 is 29.2 Å². The molecule has 0 radical (unpaired) electrons. The number of aromatic hydroxyl groups is 2. The molecule has 2 atom stereocenters. The zero-order chi connectivity index (χ0) is 19.6. The average molecular weight is 388 g/mol. The second-order valence-corrected chi connectivity index (χ2v) is 6.88. The molecule has 4 rings (SSSR count). The molecule has 6 heteroatoms. The number of hydrogen-bond donors (Lipinski definition) is 2. The van der Waals surface area contributed by atoms with Crippen LogP contribution in [0.1, 0.15) is 25.7 Å². The van der Waals surface area contributed by atoms with Crippen molar-refractivity contribution in [2.24, 2.45) is 0 Å². The Kier molecular flexibility index (Phi) is 7.82. The summed E-state index contributed by atoms with van der Waals surface area (Å²) < 4.78 is 21.9. The van der Waals surface area contributed by atoms with Gasteiger partial charge >= 0.3 is 0 Å². The lowest BCUT2D eigenvalue weighted by Gasteiger charge is -2.11. The highest BCUT2D eigenvalue weighted by atomic mass is 16.5. The van der Waals surface area contributed by atoms with Crippen molar-refractivity contribution in [3.05, 3.63) is 48.5 Å². The van der Waals surface area contributed by atoms with E-state index in [-0.39, 0.29) is 23.7 Å². The van der Waals surface area contributed by atoms with Crippen LogP contribution in [-0.2, 0) is 9.47 Å². The molecule has 0 bridgehead atoms. The Balaban J connectivity index is 0.000000161. The number of benzene rings is 2. The van der Waals surface area contributed by atoms with E-state index >= 15 is 0 Å². The molecule has 2 heterocycles. The molecule has 0 amide bonds. The SMILES string of the molecule is Oc1ccc(OC[C@@H]2CCCO2)cc1.Oc1ccc(OC[C@H]2CCCO2)cc1. The van der Waals surface area contributed by atoms with Gasteiger partial charge in [0, 0.05) is 13.2 Å². The molecule has 2 aliphatic rings. The van der Waals surface area contributed by atoms with Crippen LogP contribution in [0.4, 0.5) is 0 Å². The fourth-order valence-corrected chi connectivity index (χ4v) is 3.01. The molecule has 152 valence electrons. The van der Waals surface area contributed by atoms with Gasteiger partial charge in [0.1, 0.15) is 36.2 Å². The Hall–Kier alpha value is -2.44. The summed E-state index contributed by atoms with van der Waals surface area (Å²) in [4.78, 5) is 0. The van der Waals surface area contributed by atoms with Crippen molar-refractivity contribution in [1.29, 1.82) is 0 Å². The van der Waals surface area contributed by atoms with Crippen LogP contribution in [0, 0.1) is 0 Å². The first kappa shape index (κ1) is 20.3. The molecule has 0 aliphatic carbocycles. The molecule has 0 unspecified atom stereocenters. The molecule has 0 saturated carbocycles. The lowest BCUT2D eigenvalue weighted by molar-refractivity contribution is 0.0679. The highest BCUT2D eigenvalue weighted by Gasteiger charge is 2.16. The summed E-state index contributed by atoms with van der Waals surface area (Å²) in [5.74, 6) is 2.07. The number of ether oxygens (including phenoxy) is 4. The van der Waals surface area contributed by atoms with E-state index in [1.165, 1.54) is 0 Å². The summed E-state index contributed by atoms with van der Waals surface area (Å²) in [6, 6.07) is 13.5. The molecule has 2 aromatic carbocycles. The molecule has 2 fully saturated rings. The summed E-state index contributed by atoms with van der Waals surface area (Å²) >= 11 is 0. The fourth-order valence-electron chi connectivity index (χ4n) is 3.01. The smallest absolute Gasteiger partial charge is 0.119 e. The highest BCUT2D eigenvalue weighted by molar-refractivity contribution is 5.30. The zero-order valence-electron chi connectivity index (χ0n) is 16.0. The van der Waals surface area contributed by atoms with Gasteiger partial charge in [-0.15, -0.1) is 0 Å². The van der Waals surface area contributed by atoms with Gasteiger partial charge in [-0.3, -0.25) is 0 Å². The number of phenolic OH excluding ortho intramolecular Hbond substituents is 2. The molecular weight excluding hydrogens is 360 g/mol. The Labute approximate surface area is 165 Å². The van der Waals surface area contributed by atoms with E-state index in [4.69, 9.17) is 29.2 Å². The van der Waals surface area contributed by atoms with Crippen molar-refractivity contribution >= 4 is 0 Å². The van der Waals surface area contributed by atoms with Crippen LogP contribution in [-0.4, -0.2) is 48.8 Å². The normalized spacial score (nSPS) is 21.0. The number of rotatable bonds is 6. The summed E-state index contributed by atoms with van der Waals surface area (Å²) in [7, 11) is 0. The Bertz CT molecular complexity index is 612. The topological polar surface area (TPSA) is 77.4 Å². The molecule has 0 aromatic heterocycles. The summed E-state index contributed by atoms with van der Waals surface area (Å²) in [6.45, 7) is 2.91. The predicted molar refractivity (Wildman–Crippen MR) is 105 cm³/mol. The molecular formula is C22H28O6. The standard InChI is InChI=1S/2C11H14O3/c2*12-9-3-5-10(6-4-9)14-8-11-2-1-7-13-11/h2*3-6,11-12H,1-2,7-8H2/t2*11-/m10/s1. The summed E-state index contributed by atoms with van der Waals surface area (Å²) in [5.41, 5.74) is 0. The average Bonchev–Trinajstić information content (AvgIpc) is 3.42. The molecule has 6 nitrogen and oxygen atoms in total. The Morgan fingerprint density at radius 3 is 1.39 bits per heavy atom. The van der Waals surface area contributed by atoms with Crippen LogP contribution in [0.5, 0.6) is 23.0 Å². The highest BCUT2D eigenvalue weighted by Crippen LogP contribution is 2.19. The zero-order valence-corrected chi connectivity index (χ0v) is 16.0. The Morgan fingerprint density at radius 2 is 1.07 bits per heavy atom. The van der Waals surface area contributed by atoms with E-state index < -0.39 is 0 Å². The lowest BCUT2D eigenvalue weighted by Crippen LogP contribution is -2.16. The van der Waals surface area contributed by atoms with E-state index in [1.807, 2.05) is 0 Å². The second kappa shape index (κ2) is 10.8. The lowest BCUT2D eigenvalue weighted by atomic mass is 10.2. The third-order valence-electron chi connectivity index (χ3n) is 4.59. The monoisotopic (exact) mass is 388 g/mol. The van der Waals surface area contributed by atoms with Crippen LogP contribution in [0.2, 0.25) is 0 Å². The van der Waals surface area contributed by atoms with Crippen molar-refractivity contribution in [3.63, 3.8) is 0 Å². The van der Waals surface area contributed by atoms with Crippen molar-refractivity contribution in [1.82, 2.24) is 0 Å². The predicted octanol–water partition coefficient (Wildman–Crippen LogP) is 3.90. The molecule has 2 saturated heterocycles. The van der Waals surface area contributed by atoms with Crippen molar-refractivity contribution in [2.75, 3.05) is 26.4 Å². The quantitative estimate of drug-likeness (QED) is 0.782. The minimum atomic E-state index is 0.240. The van der Waals surface area contributed by atoms with E-state index in [2.05, 4.69) is 0 Å². The van der Waals surface area contributed by atoms with Crippen LogP contribution in [0.15, 0.2) is 48.5 Å². The molecule has 0 spiro atoms. The van der Waals surface area contributed by atoms with Crippen LogP contribution >= 0.6 is 0 Å². The molecule has 2 aromatic rings. The maximum atomic E-state index is 9.06. The fraction of sp³-hybridized carbons (Fsp3) is 0.455. The molecule has 28 heavy (non-hydrogen) atoms. The van der Waals surface area contributed by atoms with Crippen LogP contribution in [0.25, 0.3) is 0 Å². The van der Waals surface area contributed by atoms with Crippen LogP contribution in [0.3, 0.4) is 0 Å². The summed E-state index contributed by atoms with van der Waals surface area (Å²) in [6.07, 6.45) is 4.90. The van der Waals surface area contributed by atoms with Gasteiger partial charge in [-0.05, 0) is 74.2 Å². The minimum absolute atomic E-state index is 0.240. The minimum Gasteiger partial charge on any atom is -0.508 e. The largest absolute Gasteiger partial charge is 0.508 e. The first-order valence-corrected chi connectivity index (χ1v) is 9.76. The maximum Gasteiger partial charge on any atom is 0.119 e. The van der Waals surface area contributed by atoms with E-state index in [9.17, 15) is 0 Å². The van der Waals surface area contributed by atoms with Crippen molar-refractivity contribution in [2.45, 2.75) is 37.9 Å². The van der Waals surface area contributed by atoms with Gasteiger partial charge in [0.25, 0.3) is 0 Å². The van der Waals surface area contributed by atoms with Gasteiger partial charge < -0.3 is 29.2 Å². The van der Waals surface area contributed by atoms with Gasteiger partial charge in [0.15, 0.2) is 0 Å². The van der Waals surface area contributed by atoms with E-state index in [0.717, 1.165) is 50.4 Å². The first-order valence-electron chi connectivity index (χ1n) is 9.76. The van der Waals surface area contributed by atoms with Crippen LogP contribution < -0.4 is 9.47 Å².